The van der Waals surface area contributed by atoms with Crippen LogP contribution in [0.25, 0.3) is 0 Å². The quantitative estimate of drug-likeness (QED) is 0.699. The number of hydrogen-bond acceptors (Lipinski definition) is 5. The Hall–Kier alpha value is -2.13. The minimum Gasteiger partial charge on any atom is -0.478 e. The molecule has 0 radical (unpaired) electrons. The van der Waals surface area contributed by atoms with Crippen molar-refractivity contribution in [3.8, 4) is 5.75 Å². The number of fused-ring (bicyclic) bond motifs is 1. The highest BCUT2D eigenvalue weighted by Gasteiger charge is 2.34. The van der Waals surface area contributed by atoms with E-state index in [1.165, 1.54) is 16.4 Å². The molecule has 0 spiro atoms. The molecule has 1 aromatic carbocycles. The van der Waals surface area contributed by atoms with Crippen molar-refractivity contribution >= 4 is 27.5 Å². The van der Waals surface area contributed by atoms with E-state index < -0.39 is 16.1 Å². The van der Waals surface area contributed by atoms with Crippen molar-refractivity contribution in [3.63, 3.8) is 0 Å². The molecule has 1 aliphatic carbocycles. The summed E-state index contributed by atoms with van der Waals surface area (Å²) < 4.78 is 33.4. The van der Waals surface area contributed by atoms with Gasteiger partial charge in [-0.05, 0) is 69.1 Å². The monoisotopic (exact) mass is 463 g/mol. The van der Waals surface area contributed by atoms with Gasteiger partial charge in [-0.3, -0.25) is 9.59 Å². The molecule has 2 amide bonds. The maximum atomic E-state index is 13.2. The number of carbonyl (C=O) groups excluding carboxylic acids is 2. The van der Waals surface area contributed by atoms with Gasteiger partial charge in [-0.25, -0.2) is 8.42 Å². The Morgan fingerprint density at radius 1 is 1.16 bits per heavy atom. The van der Waals surface area contributed by atoms with Gasteiger partial charge in [0.1, 0.15) is 5.75 Å². The highest BCUT2D eigenvalue weighted by Crippen LogP contribution is 2.34. The van der Waals surface area contributed by atoms with Gasteiger partial charge in [0, 0.05) is 25.0 Å². The maximum absolute atomic E-state index is 13.2. The van der Waals surface area contributed by atoms with Crippen molar-refractivity contribution in [1.82, 2.24) is 9.62 Å². The Morgan fingerprint density at radius 2 is 1.84 bits per heavy atom. The summed E-state index contributed by atoms with van der Waals surface area (Å²) in [6, 6.07) is 4.81. The van der Waals surface area contributed by atoms with Gasteiger partial charge in [-0.2, -0.15) is 4.31 Å². The number of nitrogens with one attached hydrogen (secondary N) is 2. The lowest BCUT2D eigenvalue weighted by molar-refractivity contribution is -0.127. The van der Waals surface area contributed by atoms with Crippen LogP contribution in [-0.4, -0.2) is 49.8 Å². The fourth-order valence-corrected chi connectivity index (χ4v) is 6.29. The van der Waals surface area contributed by atoms with Crippen LogP contribution in [0.3, 0.4) is 0 Å². The summed E-state index contributed by atoms with van der Waals surface area (Å²) >= 11 is 0. The Bertz CT molecular complexity index is 964. The predicted octanol–water partition coefficient (Wildman–Crippen LogP) is 2.89. The highest BCUT2D eigenvalue weighted by atomic mass is 32.2. The van der Waals surface area contributed by atoms with Crippen molar-refractivity contribution in [2.75, 3.05) is 18.4 Å². The molecule has 3 aliphatic rings. The number of piperidine rings is 1. The number of nitrogens with zero attached hydrogens (tertiary/aromatic N) is 1. The number of amides is 2. The van der Waals surface area contributed by atoms with Gasteiger partial charge < -0.3 is 15.4 Å². The summed E-state index contributed by atoms with van der Waals surface area (Å²) in [5.74, 6) is 0.841. The van der Waals surface area contributed by atoms with Crippen LogP contribution in [-0.2, 0) is 19.6 Å². The Morgan fingerprint density at radius 3 is 2.50 bits per heavy atom. The van der Waals surface area contributed by atoms with Crippen LogP contribution in [0, 0.1) is 11.8 Å². The largest absolute Gasteiger partial charge is 0.478 e. The minimum absolute atomic E-state index is 0.0562. The van der Waals surface area contributed by atoms with E-state index in [0.717, 1.165) is 31.6 Å². The first kappa shape index (κ1) is 23.0. The lowest BCUT2D eigenvalue weighted by atomic mass is 9.87. The number of ether oxygens (including phenoxy) is 1. The molecule has 8 nitrogen and oxygen atoms in total. The number of anilines is 1. The third-order valence-electron chi connectivity index (χ3n) is 6.97. The van der Waals surface area contributed by atoms with Crippen LogP contribution in [0.5, 0.6) is 5.75 Å². The second kappa shape index (κ2) is 9.39. The molecule has 0 unspecified atom stereocenters. The second-order valence-electron chi connectivity index (χ2n) is 9.31. The van der Waals surface area contributed by atoms with E-state index >= 15 is 0 Å². The number of benzene rings is 1. The Balaban J connectivity index is 1.36. The van der Waals surface area contributed by atoms with E-state index in [0.29, 0.717) is 43.8 Å². The molecule has 176 valence electrons. The predicted molar refractivity (Wildman–Crippen MR) is 121 cm³/mol. The molecule has 0 aromatic heterocycles. The highest BCUT2D eigenvalue weighted by molar-refractivity contribution is 7.89. The van der Waals surface area contributed by atoms with Gasteiger partial charge in [0.05, 0.1) is 10.6 Å². The lowest BCUT2D eigenvalue weighted by Gasteiger charge is -2.33. The van der Waals surface area contributed by atoms with Crippen molar-refractivity contribution in [2.45, 2.75) is 75.8 Å². The van der Waals surface area contributed by atoms with Gasteiger partial charge >= 0.3 is 0 Å². The molecule has 2 fully saturated rings. The third-order valence-corrected chi connectivity index (χ3v) is 8.86. The van der Waals surface area contributed by atoms with Crippen molar-refractivity contribution in [3.05, 3.63) is 18.2 Å². The van der Waals surface area contributed by atoms with Gasteiger partial charge in [0.15, 0.2) is 6.10 Å². The number of rotatable bonds is 5. The lowest BCUT2D eigenvalue weighted by Crippen LogP contribution is -2.46. The summed E-state index contributed by atoms with van der Waals surface area (Å²) in [6.07, 6.45) is 5.34. The summed E-state index contributed by atoms with van der Waals surface area (Å²) in [4.78, 5) is 24.9. The van der Waals surface area contributed by atoms with Gasteiger partial charge in [-0.1, -0.05) is 13.8 Å². The topological polar surface area (TPSA) is 105 Å². The molecule has 4 rings (SSSR count). The Labute approximate surface area is 190 Å². The fourth-order valence-electron chi connectivity index (χ4n) is 4.79. The van der Waals surface area contributed by atoms with Gasteiger partial charge in [0.2, 0.25) is 15.9 Å². The van der Waals surface area contributed by atoms with Crippen LogP contribution in [0.2, 0.25) is 0 Å². The van der Waals surface area contributed by atoms with E-state index in [1.807, 2.05) is 6.92 Å². The molecule has 32 heavy (non-hydrogen) atoms. The molecule has 1 saturated heterocycles. The van der Waals surface area contributed by atoms with Crippen molar-refractivity contribution in [2.24, 2.45) is 11.8 Å². The molecule has 2 heterocycles. The minimum atomic E-state index is -3.72. The first-order valence-electron chi connectivity index (χ1n) is 11.7. The standard InChI is InChI=1S/C23H33N3O5S/c1-3-20-23(28)25-19-14-18(8-9-21(19)31-20)32(29,30)26-12-10-16(11-13-26)22(27)24-17-6-4-15(2)5-7-17/h8-9,14-17,20H,3-7,10-13H2,1-2H3,(H,24,27)(H,25,28)/t15?,17?,20-/m1/s1. The summed E-state index contributed by atoms with van der Waals surface area (Å²) in [7, 11) is -3.72. The summed E-state index contributed by atoms with van der Waals surface area (Å²) in [5, 5.41) is 5.92. The van der Waals surface area contributed by atoms with E-state index in [4.69, 9.17) is 4.74 Å². The zero-order chi connectivity index (χ0) is 22.9. The molecule has 2 N–H and O–H groups in total. The fraction of sp³-hybridized carbons (Fsp3) is 0.652. The van der Waals surface area contributed by atoms with Crippen LogP contribution < -0.4 is 15.4 Å². The maximum Gasteiger partial charge on any atom is 0.265 e. The molecule has 1 atom stereocenters. The molecule has 2 aliphatic heterocycles. The smallest absolute Gasteiger partial charge is 0.265 e. The van der Waals surface area contributed by atoms with Crippen LogP contribution in [0.15, 0.2) is 23.1 Å². The molecule has 0 bridgehead atoms. The van der Waals surface area contributed by atoms with Crippen LogP contribution >= 0.6 is 0 Å². The zero-order valence-corrected chi connectivity index (χ0v) is 19.6. The second-order valence-corrected chi connectivity index (χ2v) is 11.2. The normalized spacial score (nSPS) is 27.2. The van der Waals surface area contributed by atoms with E-state index in [-0.39, 0.29) is 28.7 Å². The van der Waals surface area contributed by atoms with Gasteiger partial charge in [0.25, 0.3) is 5.91 Å². The molecule has 1 aromatic rings. The molecule has 1 saturated carbocycles. The van der Waals surface area contributed by atoms with Crippen LogP contribution in [0.1, 0.15) is 58.8 Å². The van der Waals surface area contributed by atoms with E-state index in [9.17, 15) is 18.0 Å². The SMILES string of the molecule is CC[C@H]1Oc2ccc(S(=O)(=O)N3CCC(C(=O)NC4CCC(C)CC4)CC3)cc2NC1=O. The molecule has 9 heteroatoms. The molecular weight excluding hydrogens is 430 g/mol. The zero-order valence-electron chi connectivity index (χ0n) is 18.8. The summed E-state index contributed by atoms with van der Waals surface area (Å²) in [5.41, 5.74) is 0.372. The summed E-state index contributed by atoms with van der Waals surface area (Å²) in [6.45, 7) is 4.72. The van der Waals surface area contributed by atoms with Crippen molar-refractivity contribution < 1.29 is 22.7 Å². The first-order valence-corrected chi connectivity index (χ1v) is 13.1. The molecular formula is C23H33N3O5S. The first-order chi connectivity index (χ1) is 15.3. The Kier molecular flexibility index (Phi) is 6.76. The number of carbonyl (C=O) groups is 2. The average molecular weight is 464 g/mol. The number of hydrogen-bond donors (Lipinski definition) is 2. The van der Waals surface area contributed by atoms with Crippen molar-refractivity contribution in [1.29, 1.82) is 0 Å². The van der Waals surface area contributed by atoms with Crippen LogP contribution in [0.4, 0.5) is 5.69 Å². The van der Waals surface area contributed by atoms with Gasteiger partial charge in [-0.15, -0.1) is 0 Å². The third kappa shape index (κ3) is 4.78. The van der Waals surface area contributed by atoms with E-state index in [2.05, 4.69) is 17.6 Å². The number of sulfonamides is 1. The average Bonchev–Trinajstić information content (AvgIpc) is 2.79. The van der Waals surface area contributed by atoms with E-state index in [1.54, 1.807) is 6.07 Å².